The molecule has 1 heterocycles. The van der Waals surface area contributed by atoms with Gasteiger partial charge in [-0.2, -0.15) is 0 Å². The Morgan fingerprint density at radius 3 is 2.76 bits per heavy atom. The van der Waals surface area contributed by atoms with Crippen LogP contribution in [0.25, 0.3) is 0 Å². The molecule has 0 bridgehead atoms. The number of rotatable bonds is 4. The number of aryl methyl sites for hydroxylation is 1. The number of halogens is 1. The van der Waals surface area contributed by atoms with Crippen LogP contribution in [0.2, 0.25) is 0 Å². The molecule has 2 aromatic rings. The van der Waals surface area contributed by atoms with Crippen LogP contribution in [0.3, 0.4) is 0 Å². The Balaban J connectivity index is 2.41. The Kier molecular flexibility index (Phi) is 4.53. The molecular weight excluding hydrogens is 334 g/mol. The number of ketones is 1. The van der Waals surface area contributed by atoms with Gasteiger partial charge in [0.1, 0.15) is 0 Å². The number of benzene rings is 1. The third-order valence-corrected chi connectivity index (χ3v) is 4.23. The van der Waals surface area contributed by atoms with Gasteiger partial charge in [0.15, 0.2) is 12.1 Å². The van der Waals surface area contributed by atoms with Gasteiger partial charge in [-0.25, -0.2) is 0 Å². The molecule has 0 saturated heterocycles. The van der Waals surface area contributed by atoms with Crippen molar-refractivity contribution in [2.45, 2.75) is 13.3 Å². The molecule has 0 saturated carbocycles. The van der Waals surface area contributed by atoms with Gasteiger partial charge >= 0.3 is 0 Å². The van der Waals surface area contributed by atoms with Crippen LogP contribution in [0.15, 0.2) is 39.7 Å². The van der Waals surface area contributed by atoms with Gasteiger partial charge in [0.25, 0.3) is 5.56 Å². The highest BCUT2D eigenvalue weighted by molar-refractivity contribution is 9.10. The van der Waals surface area contributed by atoms with Crippen LogP contribution in [0.4, 0.5) is 0 Å². The molecule has 4 nitrogen and oxygen atoms in total. The number of Topliss-reactive ketones (excluding diaryl/α,β-unsaturated/α-hetero) is 1. The summed E-state index contributed by atoms with van der Waals surface area (Å²) < 4.78 is 2.17. The maximum atomic E-state index is 12.4. The van der Waals surface area contributed by atoms with Crippen LogP contribution < -0.4 is 5.56 Å². The molecule has 21 heavy (non-hydrogen) atoms. The van der Waals surface area contributed by atoms with Crippen LogP contribution in [0, 0.1) is 6.92 Å². The number of hydrogen-bond donors (Lipinski definition) is 0. The summed E-state index contributed by atoms with van der Waals surface area (Å²) in [4.78, 5) is 35.3. The van der Waals surface area contributed by atoms with E-state index in [1.165, 1.54) is 23.9 Å². The Bertz CT molecular complexity index is 778. The summed E-state index contributed by atoms with van der Waals surface area (Å²) in [5, 5.41) is 0. The Morgan fingerprint density at radius 2 is 2.10 bits per heavy atom. The highest BCUT2D eigenvalue weighted by atomic mass is 79.9. The van der Waals surface area contributed by atoms with Crippen molar-refractivity contribution in [3.05, 3.63) is 67.5 Å². The fourth-order valence-electron chi connectivity index (χ4n) is 2.11. The van der Waals surface area contributed by atoms with Crippen molar-refractivity contribution in [2.24, 2.45) is 7.05 Å². The first-order chi connectivity index (χ1) is 9.93. The van der Waals surface area contributed by atoms with Gasteiger partial charge in [-0.1, -0.05) is 28.1 Å². The van der Waals surface area contributed by atoms with Crippen molar-refractivity contribution < 1.29 is 9.59 Å². The molecule has 0 atom stereocenters. The van der Waals surface area contributed by atoms with E-state index in [9.17, 15) is 14.4 Å². The SMILES string of the molecule is Cc1c(Br)cccc1CC(=O)c1cc(C=O)cn(C)c1=O. The van der Waals surface area contributed by atoms with Crippen molar-refractivity contribution in [3.8, 4) is 0 Å². The monoisotopic (exact) mass is 347 g/mol. The zero-order valence-corrected chi connectivity index (χ0v) is 13.3. The third-order valence-electron chi connectivity index (χ3n) is 3.37. The van der Waals surface area contributed by atoms with Crippen molar-refractivity contribution >= 4 is 28.0 Å². The smallest absolute Gasteiger partial charge is 0.261 e. The molecule has 0 N–H and O–H groups in total. The molecule has 0 radical (unpaired) electrons. The number of pyridine rings is 1. The standard InChI is InChI=1S/C16H14BrNO3/c1-10-12(4-3-5-14(10)17)7-15(20)13-6-11(9-19)8-18(2)16(13)21/h3-6,8-9H,7H2,1-2H3. The summed E-state index contributed by atoms with van der Waals surface area (Å²) >= 11 is 3.42. The van der Waals surface area contributed by atoms with E-state index in [2.05, 4.69) is 15.9 Å². The van der Waals surface area contributed by atoms with E-state index in [1.807, 2.05) is 25.1 Å². The van der Waals surface area contributed by atoms with Crippen molar-refractivity contribution in [1.82, 2.24) is 4.57 Å². The lowest BCUT2D eigenvalue weighted by atomic mass is 9.99. The van der Waals surface area contributed by atoms with Crippen molar-refractivity contribution in [3.63, 3.8) is 0 Å². The van der Waals surface area contributed by atoms with Crippen molar-refractivity contribution in [2.75, 3.05) is 0 Å². The highest BCUT2D eigenvalue weighted by Crippen LogP contribution is 2.20. The normalized spacial score (nSPS) is 10.4. The van der Waals surface area contributed by atoms with Crippen LogP contribution in [0.1, 0.15) is 31.8 Å². The van der Waals surface area contributed by atoms with E-state index in [0.717, 1.165) is 15.6 Å². The van der Waals surface area contributed by atoms with E-state index in [1.54, 1.807) is 0 Å². The second kappa shape index (κ2) is 6.18. The van der Waals surface area contributed by atoms with Gasteiger partial charge in [0.05, 0.1) is 5.56 Å². The molecule has 0 unspecified atom stereocenters. The maximum absolute atomic E-state index is 12.4. The average Bonchev–Trinajstić information content (AvgIpc) is 2.46. The van der Waals surface area contributed by atoms with Gasteiger partial charge in [0, 0.05) is 29.7 Å². The van der Waals surface area contributed by atoms with Crippen LogP contribution in [-0.2, 0) is 13.5 Å². The molecule has 0 amide bonds. The summed E-state index contributed by atoms with van der Waals surface area (Å²) in [6.07, 6.45) is 2.17. The fourth-order valence-corrected chi connectivity index (χ4v) is 2.52. The lowest BCUT2D eigenvalue weighted by molar-refractivity contribution is 0.0991. The Morgan fingerprint density at radius 1 is 1.38 bits per heavy atom. The zero-order chi connectivity index (χ0) is 15.6. The van der Waals surface area contributed by atoms with E-state index in [0.29, 0.717) is 11.8 Å². The molecule has 108 valence electrons. The lowest BCUT2D eigenvalue weighted by Crippen LogP contribution is -2.25. The molecule has 0 aliphatic heterocycles. The van der Waals surface area contributed by atoms with Gasteiger partial charge in [0.2, 0.25) is 0 Å². The lowest BCUT2D eigenvalue weighted by Gasteiger charge is -2.08. The number of aldehydes is 1. The summed E-state index contributed by atoms with van der Waals surface area (Å²) in [6, 6.07) is 6.95. The number of carbonyl (C=O) groups excluding carboxylic acids is 2. The molecule has 5 heteroatoms. The van der Waals surface area contributed by atoms with Gasteiger partial charge < -0.3 is 4.57 Å². The van der Waals surface area contributed by atoms with Crippen LogP contribution in [-0.4, -0.2) is 16.6 Å². The van der Waals surface area contributed by atoms with Crippen LogP contribution in [0.5, 0.6) is 0 Å². The average molecular weight is 348 g/mol. The molecule has 1 aromatic carbocycles. The van der Waals surface area contributed by atoms with E-state index < -0.39 is 5.56 Å². The number of aromatic nitrogens is 1. The molecular formula is C16H14BrNO3. The molecule has 0 fully saturated rings. The molecule has 0 aliphatic rings. The molecule has 2 rings (SSSR count). The van der Waals surface area contributed by atoms with Gasteiger partial charge in [-0.15, -0.1) is 0 Å². The Labute approximate surface area is 130 Å². The summed E-state index contributed by atoms with van der Waals surface area (Å²) in [5.41, 5.74) is 1.79. The summed E-state index contributed by atoms with van der Waals surface area (Å²) in [6.45, 7) is 1.91. The number of nitrogens with zero attached hydrogens (tertiary/aromatic N) is 1. The fraction of sp³-hybridized carbons (Fsp3) is 0.188. The topological polar surface area (TPSA) is 56.1 Å². The van der Waals surface area contributed by atoms with Crippen LogP contribution >= 0.6 is 15.9 Å². The quantitative estimate of drug-likeness (QED) is 0.631. The van der Waals surface area contributed by atoms with Crippen molar-refractivity contribution in [1.29, 1.82) is 0 Å². The van der Waals surface area contributed by atoms with E-state index >= 15 is 0 Å². The van der Waals surface area contributed by atoms with Gasteiger partial charge in [-0.05, 0) is 30.2 Å². The predicted molar refractivity (Wildman–Crippen MR) is 84.0 cm³/mol. The minimum atomic E-state index is -0.391. The minimum Gasteiger partial charge on any atom is -0.317 e. The largest absolute Gasteiger partial charge is 0.317 e. The first-order valence-corrected chi connectivity index (χ1v) is 7.16. The van der Waals surface area contributed by atoms with E-state index in [4.69, 9.17) is 0 Å². The first-order valence-electron chi connectivity index (χ1n) is 6.37. The van der Waals surface area contributed by atoms with Gasteiger partial charge in [-0.3, -0.25) is 14.4 Å². The predicted octanol–water partition coefficient (Wildman–Crippen LogP) is 2.69. The molecule has 0 aliphatic carbocycles. The molecule has 0 spiro atoms. The summed E-state index contributed by atoms with van der Waals surface area (Å²) in [5.74, 6) is -0.291. The number of carbonyl (C=O) groups is 2. The minimum absolute atomic E-state index is 0.0430. The maximum Gasteiger partial charge on any atom is 0.261 e. The third kappa shape index (κ3) is 3.19. The summed E-state index contributed by atoms with van der Waals surface area (Å²) in [7, 11) is 1.52. The highest BCUT2D eigenvalue weighted by Gasteiger charge is 2.15. The first kappa shape index (κ1) is 15.4. The molecule has 1 aromatic heterocycles. The zero-order valence-electron chi connectivity index (χ0n) is 11.7. The Hall–Kier alpha value is -2.01. The second-order valence-corrected chi connectivity index (χ2v) is 5.70. The van der Waals surface area contributed by atoms with E-state index in [-0.39, 0.29) is 17.8 Å². The number of hydrogen-bond acceptors (Lipinski definition) is 3. The second-order valence-electron chi connectivity index (χ2n) is 4.84.